The summed E-state index contributed by atoms with van der Waals surface area (Å²) in [4.78, 5) is 24.3. The van der Waals surface area contributed by atoms with Crippen molar-refractivity contribution in [2.24, 2.45) is 0 Å². The van der Waals surface area contributed by atoms with Crippen molar-refractivity contribution in [1.82, 2.24) is 0 Å². The number of rotatable bonds is 6. The number of esters is 1. The zero-order valence-corrected chi connectivity index (χ0v) is 15.1. The van der Waals surface area contributed by atoms with Crippen molar-refractivity contribution < 1.29 is 19.1 Å². The molecule has 0 spiro atoms. The molecule has 1 amide bonds. The topological polar surface area (TPSA) is 64.6 Å². The number of methoxy groups -OCH3 is 1. The molecule has 2 aromatic rings. The van der Waals surface area contributed by atoms with Crippen molar-refractivity contribution in [1.29, 1.82) is 0 Å². The van der Waals surface area contributed by atoms with E-state index in [0.29, 0.717) is 16.5 Å². The minimum atomic E-state index is -0.842. The first-order chi connectivity index (χ1) is 11.8. The fourth-order valence-electron chi connectivity index (χ4n) is 2.23. The van der Waals surface area contributed by atoms with Crippen molar-refractivity contribution in [3.05, 3.63) is 59.1 Å². The summed E-state index contributed by atoms with van der Waals surface area (Å²) >= 11 is 6.01. The molecule has 2 rings (SSSR count). The molecule has 0 bridgehead atoms. The van der Waals surface area contributed by atoms with Gasteiger partial charge in [0.1, 0.15) is 5.75 Å². The van der Waals surface area contributed by atoms with Crippen LogP contribution in [0.2, 0.25) is 5.02 Å². The first-order valence-electron chi connectivity index (χ1n) is 7.70. The quantitative estimate of drug-likeness (QED) is 0.794. The third-order valence-electron chi connectivity index (χ3n) is 3.78. The van der Waals surface area contributed by atoms with E-state index in [9.17, 15) is 9.59 Å². The van der Waals surface area contributed by atoms with Gasteiger partial charge in [0.25, 0.3) is 5.91 Å². The van der Waals surface area contributed by atoms with Crippen LogP contribution >= 0.6 is 11.6 Å². The number of hydrogen-bond donors (Lipinski definition) is 1. The summed E-state index contributed by atoms with van der Waals surface area (Å²) in [5.74, 6) is -0.407. The second-order valence-corrected chi connectivity index (χ2v) is 6.37. The molecule has 0 saturated carbocycles. The number of hydrogen-bond acceptors (Lipinski definition) is 4. The van der Waals surface area contributed by atoms with Gasteiger partial charge in [0.15, 0.2) is 6.61 Å². The van der Waals surface area contributed by atoms with Gasteiger partial charge in [-0.25, -0.2) is 0 Å². The number of amides is 1. The molecule has 0 aromatic heterocycles. The smallest absolute Gasteiger partial charge is 0.316 e. The number of ether oxygens (including phenoxy) is 2. The minimum absolute atomic E-state index is 0.376. The Morgan fingerprint density at radius 1 is 1.12 bits per heavy atom. The lowest BCUT2D eigenvalue weighted by atomic mass is 9.85. The predicted molar refractivity (Wildman–Crippen MR) is 97.1 cm³/mol. The Hall–Kier alpha value is -2.53. The zero-order chi connectivity index (χ0) is 18.4. The number of nitrogens with one attached hydrogen (secondary N) is 1. The molecular formula is C19H20ClNO4. The molecule has 2 aromatic carbocycles. The molecule has 6 heteroatoms. The number of carbonyl (C=O) groups is 2. The largest absolute Gasteiger partial charge is 0.495 e. The molecule has 0 atom stereocenters. The monoisotopic (exact) mass is 361 g/mol. The highest BCUT2D eigenvalue weighted by molar-refractivity contribution is 6.32. The van der Waals surface area contributed by atoms with Crippen LogP contribution in [0.5, 0.6) is 5.75 Å². The van der Waals surface area contributed by atoms with Gasteiger partial charge in [-0.15, -0.1) is 0 Å². The molecule has 0 radical (unpaired) electrons. The molecule has 1 N–H and O–H groups in total. The van der Waals surface area contributed by atoms with Gasteiger partial charge in [0, 0.05) is 5.69 Å². The van der Waals surface area contributed by atoms with Crippen LogP contribution in [0, 0.1) is 0 Å². The Balaban J connectivity index is 1.93. The highest BCUT2D eigenvalue weighted by atomic mass is 35.5. The average Bonchev–Trinajstić information content (AvgIpc) is 2.60. The average molecular weight is 362 g/mol. The zero-order valence-electron chi connectivity index (χ0n) is 14.3. The first kappa shape index (κ1) is 18.8. The van der Waals surface area contributed by atoms with Crippen LogP contribution in [0.1, 0.15) is 19.4 Å². The number of benzene rings is 2. The molecule has 0 aliphatic carbocycles. The molecule has 0 aliphatic rings. The van der Waals surface area contributed by atoms with E-state index in [4.69, 9.17) is 21.1 Å². The van der Waals surface area contributed by atoms with Crippen LogP contribution in [-0.4, -0.2) is 25.6 Å². The summed E-state index contributed by atoms with van der Waals surface area (Å²) in [6, 6.07) is 14.1. The summed E-state index contributed by atoms with van der Waals surface area (Å²) in [5, 5.41) is 3.00. The summed E-state index contributed by atoms with van der Waals surface area (Å²) in [6.07, 6.45) is 0. The van der Waals surface area contributed by atoms with Gasteiger partial charge in [-0.05, 0) is 37.6 Å². The van der Waals surface area contributed by atoms with Gasteiger partial charge in [-0.2, -0.15) is 0 Å². The Bertz CT molecular complexity index is 759. The van der Waals surface area contributed by atoms with Crippen LogP contribution in [0.3, 0.4) is 0 Å². The van der Waals surface area contributed by atoms with Gasteiger partial charge >= 0.3 is 5.97 Å². The molecule has 5 nitrogen and oxygen atoms in total. The molecule has 25 heavy (non-hydrogen) atoms. The lowest BCUT2D eigenvalue weighted by molar-refractivity contribution is -0.152. The SMILES string of the molecule is COc1ccc(NC(=O)COC(=O)C(C)(C)c2ccccc2)cc1Cl. The van der Waals surface area contributed by atoms with Crippen LogP contribution in [0.25, 0.3) is 0 Å². The molecular weight excluding hydrogens is 342 g/mol. The predicted octanol–water partition coefficient (Wildman–Crippen LogP) is 3.81. The van der Waals surface area contributed by atoms with E-state index >= 15 is 0 Å². The van der Waals surface area contributed by atoms with Crippen LogP contribution in [0.4, 0.5) is 5.69 Å². The number of carbonyl (C=O) groups excluding carboxylic acids is 2. The second-order valence-electron chi connectivity index (χ2n) is 5.96. The van der Waals surface area contributed by atoms with Gasteiger partial charge in [-0.3, -0.25) is 9.59 Å². The normalized spacial score (nSPS) is 10.9. The lowest BCUT2D eigenvalue weighted by Crippen LogP contribution is -2.33. The summed E-state index contributed by atoms with van der Waals surface area (Å²) in [6.45, 7) is 3.14. The molecule has 0 saturated heterocycles. The standard InChI is InChI=1S/C19H20ClNO4/c1-19(2,13-7-5-4-6-8-13)18(23)25-12-17(22)21-14-9-10-16(24-3)15(20)11-14/h4-11H,12H2,1-3H3,(H,21,22). The first-order valence-corrected chi connectivity index (χ1v) is 8.08. The fourth-order valence-corrected chi connectivity index (χ4v) is 2.48. The van der Waals surface area contributed by atoms with E-state index in [1.165, 1.54) is 7.11 Å². The summed E-state index contributed by atoms with van der Waals surface area (Å²) in [7, 11) is 1.51. The van der Waals surface area contributed by atoms with Crippen molar-refractivity contribution in [3.8, 4) is 5.75 Å². The van der Waals surface area contributed by atoms with Crippen LogP contribution in [-0.2, 0) is 19.7 Å². The molecule has 132 valence electrons. The van der Waals surface area contributed by atoms with E-state index in [2.05, 4.69) is 5.32 Å². The Morgan fingerprint density at radius 2 is 1.80 bits per heavy atom. The highest BCUT2D eigenvalue weighted by Gasteiger charge is 2.31. The summed E-state index contributed by atoms with van der Waals surface area (Å²) in [5.41, 5.74) is 0.474. The van der Waals surface area contributed by atoms with Crippen LogP contribution < -0.4 is 10.1 Å². The van der Waals surface area contributed by atoms with Gasteiger partial charge < -0.3 is 14.8 Å². The highest BCUT2D eigenvalue weighted by Crippen LogP contribution is 2.27. The minimum Gasteiger partial charge on any atom is -0.495 e. The maximum absolute atomic E-state index is 12.3. The maximum Gasteiger partial charge on any atom is 0.316 e. The third kappa shape index (κ3) is 4.73. The van der Waals surface area contributed by atoms with Gasteiger partial charge in [-0.1, -0.05) is 41.9 Å². The van der Waals surface area contributed by atoms with E-state index in [1.54, 1.807) is 32.0 Å². The van der Waals surface area contributed by atoms with Gasteiger partial charge in [0.05, 0.1) is 17.5 Å². The number of halogens is 1. The summed E-state index contributed by atoms with van der Waals surface area (Å²) < 4.78 is 10.2. The number of anilines is 1. The van der Waals surface area contributed by atoms with Crippen molar-refractivity contribution in [2.45, 2.75) is 19.3 Å². The van der Waals surface area contributed by atoms with Crippen molar-refractivity contribution in [2.75, 3.05) is 19.0 Å². The molecule has 0 unspecified atom stereocenters. The lowest BCUT2D eigenvalue weighted by Gasteiger charge is -2.22. The maximum atomic E-state index is 12.3. The Morgan fingerprint density at radius 3 is 2.40 bits per heavy atom. The second kappa shape index (κ2) is 8.03. The van der Waals surface area contributed by atoms with E-state index in [1.807, 2.05) is 30.3 Å². The third-order valence-corrected chi connectivity index (χ3v) is 4.07. The molecule has 0 fully saturated rings. The molecule has 0 heterocycles. The Labute approximate surface area is 151 Å². The fraction of sp³-hybridized carbons (Fsp3) is 0.263. The van der Waals surface area contributed by atoms with Gasteiger partial charge in [0.2, 0.25) is 0 Å². The Kier molecular flexibility index (Phi) is 6.04. The van der Waals surface area contributed by atoms with Crippen molar-refractivity contribution in [3.63, 3.8) is 0 Å². The van der Waals surface area contributed by atoms with E-state index in [-0.39, 0.29) is 6.61 Å². The van der Waals surface area contributed by atoms with Crippen LogP contribution in [0.15, 0.2) is 48.5 Å². The molecule has 0 aliphatic heterocycles. The van der Waals surface area contributed by atoms with E-state index in [0.717, 1.165) is 5.56 Å². The van der Waals surface area contributed by atoms with E-state index < -0.39 is 17.3 Å². The van der Waals surface area contributed by atoms with Crippen molar-refractivity contribution >= 4 is 29.2 Å².